The molecule has 4 heteroatoms. The summed E-state index contributed by atoms with van der Waals surface area (Å²) in [4.78, 5) is 0. The molecule has 0 aliphatic heterocycles. The molecule has 2 rings (SSSR count). The summed E-state index contributed by atoms with van der Waals surface area (Å²) < 4.78 is 31.0. The lowest BCUT2D eigenvalue weighted by Crippen LogP contribution is -1.93. The third kappa shape index (κ3) is 1.35. The first-order valence-corrected chi connectivity index (χ1v) is 3.95. The molecule has 72 valence electrons. The lowest BCUT2D eigenvalue weighted by atomic mass is 10.1. The molecule has 0 atom stereocenters. The molecule has 0 saturated heterocycles. The molecular weight excluding hydrogens is 188 g/mol. The molecule has 0 amide bonds. The van der Waals surface area contributed by atoms with Crippen molar-refractivity contribution < 1.29 is 13.2 Å². The van der Waals surface area contributed by atoms with Crippen LogP contribution in [-0.4, -0.2) is 0 Å². The Morgan fingerprint density at radius 1 is 1.21 bits per heavy atom. The van der Waals surface area contributed by atoms with Crippen molar-refractivity contribution in [2.24, 2.45) is 0 Å². The van der Waals surface area contributed by atoms with Crippen molar-refractivity contribution >= 4 is 5.69 Å². The molecule has 0 unspecified atom stereocenters. The van der Waals surface area contributed by atoms with Gasteiger partial charge in [-0.3, -0.25) is 0 Å². The Bertz CT molecular complexity index is 451. The van der Waals surface area contributed by atoms with E-state index in [-0.39, 0.29) is 11.3 Å². The van der Waals surface area contributed by atoms with E-state index in [0.29, 0.717) is 5.56 Å². The Kier molecular flexibility index (Phi) is 1.96. The molecule has 0 aliphatic rings. The van der Waals surface area contributed by atoms with Crippen LogP contribution in [-0.2, 0) is 0 Å². The molecule has 1 aromatic carbocycles. The molecule has 14 heavy (non-hydrogen) atoms. The number of nitrogens with two attached hydrogens (primary N) is 1. The van der Waals surface area contributed by atoms with Gasteiger partial charge in [0.05, 0.1) is 12.5 Å². The van der Waals surface area contributed by atoms with Gasteiger partial charge in [0.15, 0.2) is 11.6 Å². The van der Waals surface area contributed by atoms with Crippen LogP contribution in [0.2, 0.25) is 0 Å². The summed E-state index contributed by atoms with van der Waals surface area (Å²) in [5.74, 6) is -1.87. The Labute approximate surface area is 79.0 Å². The maximum Gasteiger partial charge on any atom is 0.166 e. The van der Waals surface area contributed by atoms with Crippen LogP contribution in [0.5, 0.6) is 0 Å². The summed E-state index contributed by atoms with van der Waals surface area (Å²) >= 11 is 0. The van der Waals surface area contributed by atoms with Crippen LogP contribution in [0.1, 0.15) is 0 Å². The second-order valence-electron chi connectivity index (χ2n) is 2.88. The van der Waals surface area contributed by atoms with E-state index >= 15 is 0 Å². The van der Waals surface area contributed by atoms with Crippen molar-refractivity contribution in [3.8, 4) is 11.1 Å². The Morgan fingerprint density at radius 2 is 2.00 bits per heavy atom. The van der Waals surface area contributed by atoms with Crippen LogP contribution in [0, 0.1) is 11.6 Å². The maximum absolute atomic E-state index is 13.3. The number of benzene rings is 1. The number of hydrogen-bond acceptors (Lipinski definition) is 2. The van der Waals surface area contributed by atoms with E-state index in [1.165, 1.54) is 24.7 Å². The summed E-state index contributed by atoms with van der Waals surface area (Å²) in [5, 5.41) is 0. The zero-order valence-corrected chi connectivity index (χ0v) is 7.13. The van der Waals surface area contributed by atoms with Crippen LogP contribution in [0.25, 0.3) is 11.1 Å². The van der Waals surface area contributed by atoms with Crippen molar-refractivity contribution in [2.75, 3.05) is 5.73 Å². The Morgan fingerprint density at radius 3 is 2.64 bits per heavy atom. The average molecular weight is 195 g/mol. The van der Waals surface area contributed by atoms with Gasteiger partial charge in [0.2, 0.25) is 0 Å². The molecule has 1 aromatic heterocycles. The Hall–Kier alpha value is -1.84. The second kappa shape index (κ2) is 3.14. The topological polar surface area (TPSA) is 39.2 Å². The molecule has 0 fully saturated rings. The molecule has 2 nitrogen and oxygen atoms in total. The van der Waals surface area contributed by atoms with Crippen LogP contribution in [0.15, 0.2) is 35.1 Å². The SMILES string of the molecule is Nc1cc(F)c(F)c(-c2ccoc2)c1. The molecule has 0 spiro atoms. The highest BCUT2D eigenvalue weighted by molar-refractivity contribution is 5.67. The minimum Gasteiger partial charge on any atom is -0.472 e. The van der Waals surface area contributed by atoms with E-state index in [4.69, 9.17) is 10.2 Å². The number of nitrogen functional groups attached to an aromatic ring is 1. The van der Waals surface area contributed by atoms with Crippen molar-refractivity contribution in [2.45, 2.75) is 0 Å². The van der Waals surface area contributed by atoms with Crippen molar-refractivity contribution in [1.29, 1.82) is 0 Å². The number of rotatable bonds is 1. The van der Waals surface area contributed by atoms with E-state index in [2.05, 4.69) is 0 Å². The van der Waals surface area contributed by atoms with Crippen LogP contribution in [0.3, 0.4) is 0 Å². The summed E-state index contributed by atoms with van der Waals surface area (Å²) in [6.45, 7) is 0. The predicted molar refractivity (Wildman–Crippen MR) is 48.5 cm³/mol. The Balaban J connectivity index is 2.64. The highest BCUT2D eigenvalue weighted by Gasteiger charge is 2.12. The van der Waals surface area contributed by atoms with Gasteiger partial charge in [0.25, 0.3) is 0 Å². The molecule has 0 bridgehead atoms. The minimum atomic E-state index is -0.957. The van der Waals surface area contributed by atoms with Gasteiger partial charge in [0.1, 0.15) is 0 Å². The zero-order valence-electron chi connectivity index (χ0n) is 7.13. The van der Waals surface area contributed by atoms with E-state index in [9.17, 15) is 8.78 Å². The average Bonchev–Trinajstić information content (AvgIpc) is 2.63. The fraction of sp³-hybridized carbons (Fsp3) is 0. The number of hydrogen-bond donors (Lipinski definition) is 1. The summed E-state index contributed by atoms with van der Waals surface area (Å²) in [6, 6.07) is 3.85. The number of halogens is 2. The second-order valence-corrected chi connectivity index (χ2v) is 2.88. The van der Waals surface area contributed by atoms with Gasteiger partial charge in [-0.05, 0) is 18.2 Å². The van der Waals surface area contributed by atoms with Gasteiger partial charge in [-0.15, -0.1) is 0 Å². The van der Waals surface area contributed by atoms with Gasteiger partial charge >= 0.3 is 0 Å². The van der Waals surface area contributed by atoms with Gasteiger partial charge in [-0.25, -0.2) is 8.78 Å². The quantitative estimate of drug-likeness (QED) is 0.710. The monoisotopic (exact) mass is 195 g/mol. The molecular formula is C10H7F2NO. The fourth-order valence-electron chi connectivity index (χ4n) is 1.24. The van der Waals surface area contributed by atoms with Gasteiger partial charge < -0.3 is 10.2 Å². The smallest absolute Gasteiger partial charge is 0.166 e. The van der Waals surface area contributed by atoms with Crippen molar-refractivity contribution in [3.05, 3.63) is 42.4 Å². The molecule has 0 aliphatic carbocycles. The van der Waals surface area contributed by atoms with E-state index in [1.807, 2.05) is 0 Å². The first-order chi connectivity index (χ1) is 6.68. The zero-order chi connectivity index (χ0) is 10.1. The first-order valence-electron chi connectivity index (χ1n) is 3.95. The molecule has 0 radical (unpaired) electrons. The standard InChI is InChI=1S/C10H7F2NO/c11-9-4-7(13)3-8(10(9)12)6-1-2-14-5-6/h1-5H,13H2. The summed E-state index contributed by atoms with van der Waals surface area (Å²) in [7, 11) is 0. The lowest BCUT2D eigenvalue weighted by Gasteiger charge is -2.02. The molecule has 1 heterocycles. The van der Waals surface area contributed by atoms with Gasteiger partial charge in [-0.1, -0.05) is 0 Å². The minimum absolute atomic E-state index is 0.108. The summed E-state index contributed by atoms with van der Waals surface area (Å²) in [5.41, 5.74) is 6.15. The molecule has 0 saturated carbocycles. The van der Waals surface area contributed by atoms with E-state index < -0.39 is 11.6 Å². The van der Waals surface area contributed by atoms with Crippen LogP contribution in [0.4, 0.5) is 14.5 Å². The lowest BCUT2D eigenvalue weighted by molar-refractivity contribution is 0.511. The van der Waals surface area contributed by atoms with E-state index in [0.717, 1.165) is 6.07 Å². The maximum atomic E-state index is 13.3. The highest BCUT2D eigenvalue weighted by Crippen LogP contribution is 2.27. The fourth-order valence-corrected chi connectivity index (χ4v) is 1.24. The predicted octanol–water partition coefficient (Wildman–Crippen LogP) is 2.81. The van der Waals surface area contributed by atoms with Crippen LogP contribution < -0.4 is 5.73 Å². The third-order valence-electron chi connectivity index (χ3n) is 1.88. The van der Waals surface area contributed by atoms with Gasteiger partial charge in [0, 0.05) is 16.8 Å². The molecule has 2 aromatic rings. The largest absolute Gasteiger partial charge is 0.472 e. The highest BCUT2D eigenvalue weighted by atomic mass is 19.2. The first kappa shape index (κ1) is 8.74. The van der Waals surface area contributed by atoms with Crippen molar-refractivity contribution in [3.63, 3.8) is 0 Å². The number of anilines is 1. The molecule has 2 N–H and O–H groups in total. The number of furan rings is 1. The van der Waals surface area contributed by atoms with Gasteiger partial charge in [-0.2, -0.15) is 0 Å². The summed E-state index contributed by atoms with van der Waals surface area (Å²) in [6.07, 6.45) is 2.72. The normalized spacial score (nSPS) is 10.4. The van der Waals surface area contributed by atoms with Crippen molar-refractivity contribution in [1.82, 2.24) is 0 Å². The van der Waals surface area contributed by atoms with E-state index in [1.54, 1.807) is 0 Å². The third-order valence-corrected chi connectivity index (χ3v) is 1.88. The van der Waals surface area contributed by atoms with Crippen LogP contribution >= 0.6 is 0 Å².